The fraction of sp³-hybridized carbons (Fsp3) is 0.357. The molecule has 0 aliphatic rings. The Kier molecular flexibility index (Phi) is 3.91. The van der Waals surface area contributed by atoms with Gasteiger partial charge in [0.05, 0.1) is 5.69 Å². The Labute approximate surface area is 111 Å². The Morgan fingerprint density at radius 3 is 2.58 bits per heavy atom. The van der Waals surface area contributed by atoms with Gasteiger partial charge in [0.2, 0.25) is 0 Å². The van der Waals surface area contributed by atoms with E-state index in [4.69, 9.17) is 5.26 Å². The van der Waals surface area contributed by atoms with Gasteiger partial charge >= 0.3 is 0 Å². The molecule has 1 heterocycles. The van der Waals surface area contributed by atoms with E-state index < -0.39 is 0 Å². The molecule has 0 radical (unpaired) electrons. The molecule has 0 atom stereocenters. The lowest BCUT2D eigenvalue weighted by atomic mass is 10.1. The van der Waals surface area contributed by atoms with Crippen molar-refractivity contribution in [1.29, 1.82) is 5.26 Å². The van der Waals surface area contributed by atoms with Gasteiger partial charge in [0.25, 0.3) is 0 Å². The minimum atomic E-state index is -0.266. The van der Waals surface area contributed by atoms with Crippen LogP contribution in [0.3, 0.4) is 0 Å². The van der Waals surface area contributed by atoms with Crippen LogP contribution in [-0.4, -0.2) is 15.0 Å². The summed E-state index contributed by atoms with van der Waals surface area (Å²) in [5.74, 6) is 0.151. The van der Waals surface area contributed by atoms with Crippen LogP contribution in [0, 0.1) is 23.1 Å². The van der Waals surface area contributed by atoms with Crippen LogP contribution in [0.25, 0.3) is 0 Å². The zero-order valence-corrected chi connectivity index (χ0v) is 11.0. The van der Waals surface area contributed by atoms with Gasteiger partial charge < -0.3 is 0 Å². The van der Waals surface area contributed by atoms with Gasteiger partial charge in [-0.1, -0.05) is 31.2 Å². The number of rotatable bonds is 4. The molecule has 2 aromatic rings. The molecule has 98 valence electrons. The van der Waals surface area contributed by atoms with Crippen LogP contribution in [0.15, 0.2) is 24.3 Å². The van der Waals surface area contributed by atoms with Gasteiger partial charge in [0.1, 0.15) is 11.9 Å². The number of hydrogen-bond donors (Lipinski definition) is 0. The van der Waals surface area contributed by atoms with Crippen LogP contribution in [-0.2, 0) is 13.0 Å². The normalized spacial score (nSPS) is 10.7. The molecule has 0 N–H and O–H groups in total. The summed E-state index contributed by atoms with van der Waals surface area (Å²) in [5, 5.41) is 17.0. The van der Waals surface area contributed by atoms with Crippen molar-refractivity contribution in [2.45, 2.75) is 26.8 Å². The second-order valence-electron chi connectivity index (χ2n) is 4.88. The van der Waals surface area contributed by atoms with Crippen molar-refractivity contribution in [1.82, 2.24) is 15.0 Å². The molecule has 0 spiro atoms. The van der Waals surface area contributed by atoms with Gasteiger partial charge in [-0.05, 0) is 23.6 Å². The van der Waals surface area contributed by atoms with Crippen LogP contribution < -0.4 is 0 Å². The Hall–Kier alpha value is -2.22. The third kappa shape index (κ3) is 3.16. The van der Waals surface area contributed by atoms with Crippen molar-refractivity contribution in [3.63, 3.8) is 0 Å². The lowest BCUT2D eigenvalue weighted by Gasteiger charge is -2.09. The molecule has 0 aliphatic heterocycles. The first kappa shape index (κ1) is 13.2. The van der Waals surface area contributed by atoms with Crippen molar-refractivity contribution in [2.75, 3.05) is 0 Å². The molecule has 2 rings (SSSR count). The predicted octanol–water partition coefficient (Wildman–Crippen LogP) is 2.54. The van der Waals surface area contributed by atoms with E-state index in [1.807, 2.05) is 0 Å². The number of halogens is 1. The van der Waals surface area contributed by atoms with Gasteiger partial charge in [0, 0.05) is 13.0 Å². The van der Waals surface area contributed by atoms with Crippen LogP contribution in [0.5, 0.6) is 0 Å². The summed E-state index contributed by atoms with van der Waals surface area (Å²) < 4.78 is 14.6. The fourth-order valence-corrected chi connectivity index (χ4v) is 1.88. The number of hydrogen-bond acceptors (Lipinski definition) is 3. The highest BCUT2D eigenvalue weighted by Gasteiger charge is 2.14. The third-order valence-corrected chi connectivity index (χ3v) is 2.77. The maximum Gasteiger partial charge on any atom is 0.186 e. The molecule has 0 aliphatic carbocycles. The molecule has 5 heteroatoms. The SMILES string of the molecule is CC(C)Cn1nnc(C#N)c1Cc1ccc(F)cc1. The van der Waals surface area contributed by atoms with Crippen LogP contribution in [0.2, 0.25) is 0 Å². The second-order valence-corrected chi connectivity index (χ2v) is 4.88. The largest absolute Gasteiger partial charge is 0.247 e. The van der Waals surface area contributed by atoms with Gasteiger partial charge in [-0.3, -0.25) is 0 Å². The first-order valence-corrected chi connectivity index (χ1v) is 6.17. The number of benzene rings is 1. The van der Waals surface area contributed by atoms with Gasteiger partial charge in [0.15, 0.2) is 5.69 Å². The summed E-state index contributed by atoms with van der Waals surface area (Å²) >= 11 is 0. The van der Waals surface area contributed by atoms with E-state index in [9.17, 15) is 4.39 Å². The number of aromatic nitrogens is 3. The summed E-state index contributed by atoms with van der Waals surface area (Å²) in [7, 11) is 0. The Morgan fingerprint density at radius 1 is 1.32 bits per heavy atom. The molecule has 0 bridgehead atoms. The number of nitrogens with zero attached hydrogens (tertiary/aromatic N) is 4. The molecular weight excluding hydrogens is 243 g/mol. The second kappa shape index (κ2) is 5.61. The Bertz CT molecular complexity index is 593. The zero-order chi connectivity index (χ0) is 13.8. The van der Waals surface area contributed by atoms with E-state index in [0.29, 0.717) is 24.6 Å². The molecule has 0 fully saturated rings. The average Bonchev–Trinajstić information content (AvgIpc) is 2.74. The lowest BCUT2D eigenvalue weighted by molar-refractivity contribution is 0.461. The van der Waals surface area contributed by atoms with E-state index in [1.165, 1.54) is 12.1 Å². The highest BCUT2D eigenvalue weighted by atomic mass is 19.1. The smallest absolute Gasteiger partial charge is 0.186 e. The summed E-state index contributed by atoms with van der Waals surface area (Å²) in [6, 6.07) is 8.30. The minimum Gasteiger partial charge on any atom is -0.247 e. The monoisotopic (exact) mass is 258 g/mol. The first-order valence-electron chi connectivity index (χ1n) is 6.17. The minimum absolute atomic E-state index is 0.266. The van der Waals surface area contributed by atoms with E-state index in [1.54, 1.807) is 16.8 Å². The highest BCUT2D eigenvalue weighted by molar-refractivity contribution is 5.30. The van der Waals surface area contributed by atoms with Gasteiger partial charge in [-0.25, -0.2) is 9.07 Å². The van der Waals surface area contributed by atoms with Crippen molar-refractivity contribution >= 4 is 0 Å². The molecule has 0 amide bonds. The predicted molar refractivity (Wildman–Crippen MR) is 68.8 cm³/mol. The summed E-state index contributed by atoms with van der Waals surface area (Å²) in [6.07, 6.45) is 0.531. The van der Waals surface area contributed by atoms with E-state index in [2.05, 4.69) is 30.2 Å². The van der Waals surface area contributed by atoms with E-state index in [-0.39, 0.29) is 5.82 Å². The Balaban J connectivity index is 2.29. The van der Waals surface area contributed by atoms with Crippen molar-refractivity contribution in [2.24, 2.45) is 5.92 Å². The lowest BCUT2D eigenvalue weighted by Crippen LogP contribution is -2.10. The summed E-state index contributed by atoms with van der Waals surface area (Å²) in [5.41, 5.74) is 2.05. The summed E-state index contributed by atoms with van der Waals surface area (Å²) in [6.45, 7) is 4.87. The molecule has 0 saturated heterocycles. The molecule has 19 heavy (non-hydrogen) atoms. The van der Waals surface area contributed by atoms with Crippen LogP contribution in [0.1, 0.15) is 30.8 Å². The van der Waals surface area contributed by atoms with Crippen molar-refractivity contribution in [3.8, 4) is 6.07 Å². The first-order chi connectivity index (χ1) is 9.10. The molecule has 4 nitrogen and oxygen atoms in total. The van der Waals surface area contributed by atoms with E-state index in [0.717, 1.165) is 11.3 Å². The molecular formula is C14H15FN4. The standard InChI is InChI=1S/C14H15FN4/c1-10(2)9-19-14(13(8-16)17-18-19)7-11-3-5-12(15)6-4-11/h3-6,10H,7,9H2,1-2H3. The van der Waals surface area contributed by atoms with Gasteiger partial charge in [-0.15, -0.1) is 5.10 Å². The number of nitriles is 1. The molecule has 1 aromatic heterocycles. The zero-order valence-electron chi connectivity index (χ0n) is 11.0. The average molecular weight is 258 g/mol. The quantitative estimate of drug-likeness (QED) is 0.846. The third-order valence-electron chi connectivity index (χ3n) is 2.77. The van der Waals surface area contributed by atoms with Crippen LogP contribution in [0.4, 0.5) is 4.39 Å². The highest BCUT2D eigenvalue weighted by Crippen LogP contribution is 2.14. The van der Waals surface area contributed by atoms with Crippen molar-refractivity contribution < 1.29 is 4.39 Å². The maximum absolute atomic E-state index is 12.9. The fourth-order valence-electron chi connectivity index (χ4n) is 1.88. The summed E-state index contributed by atoms with van der Waals surface area (Å²) in [4.78, 5) is 0. The molecule has 0 unspecified atom stereocenters. The van der Waals surface area contributed by atoms with Gasteiger partial charge in [-0.2, -0.15) is 5.26 Å². The maximum atomic E-state index is 12.9. The molecule has 0 saturated carbocycles. The van der Waals surface area contributed by atoms with Crippen LogP contribution >= 0.6 is 0 Å². The van der Waals surface area contributed by atoms with Crippen molar-refractivity contribution in [3.05, 3.63) is 47.0 Å². The Morgan fingerprint density at radius 2 is 2.00 bits per heavy atom. The molecule has 1 aromatic carbocycles. The van der Waals surface area contributed by atoms with E-state index >= 15 is 0 Å². The topological polar surface area (TPSA) is 54.5 Å².